The van der Waals surface area contributed by atoms with Crippen molar-refractivity contribution >= 4 is 17.5 Å². The molecule has 0 bridgehead atoms. The zero-order valence-electron chi connectivity index (χ0n) is 8.35. The number of hydrogen-bond donors (Lipinski definition) is 1. The second-order valence-electron chi connectivity index (χ2n) is 4.11. The molecule has 2 unspecified atom stereocenters. The molecule has 1 aliphatic rings. The molecule has 1 aliphatic heterocycles. The smallest absolute Gasteiger partial charge is 0.270 e. The fourth-order valence-corrected chi connectivity index (χ4v) is 1.68. The van der Waals surface area contributed by atoms with Gasteiger partial charge in [-0.2, -0.15) is 0 Å². The lowest BCUT2D eigenvalue weighted by atomic mass is 9.94. The van der Waals surface area contributed by atoms with Gasteiger partial charge in [0.1, 0.15) is 0 Å². The fraction of sp³-hybridized carbons (Fsp3) is 0.889. The summed E-state index contributed by atoms with van der Waals surface area (Å²) in [5.74, 6) is -0.755. The molecule has 0 spiro atoms. The Balaban J connectivity index is 2.42. The van der Waals surface area contributed by atoms with Gasteiger partial charge in [0.2, 0.25) is 0 Å². The molecule has 0 aliphatic carbocycles. The molecule has 0 saturated carbocycles. The van der Waals surface area contributed by atoms with Gasteiger partial charge in [0.15, 0.2) is 0 Å². The number of amides is 1. The number of halogens is 2. The predicted octanol–water partition coefficient (Wildman–Crippen LogP) is 1.59. The van der Waals surface area contributed by atoms with E-state index in [4.69, 9.17) is 16.3 Å². The third-order valence-corrected chi connectivity index (χ3v) is 2.44. The van der Waals surface area contributed by atoms with Crippen LogP contribution >= 0.6 is 11.6 Å². The topological polar surface area (TPSA) is 38.3 Å². The van der Waals surface area contributed by atoms with Crippen molar-refractivity contribution in [3.63, 3.8) is 0 Å². The highest BCUT2D eigenvalue weighted by Crippen LogP contribution is 2.23. The van der Waals surface area contributed by atoms with E-state index in [-0.39, 0.29) is 11.6 Å². The average Bonchev–Trinajstić information content (AvgIpc) is 2.01. The van der Waals surface area contributed by atoms with Crippen LogP contribution in [-0.2, 0) is 9.53 Å². The van der Waals surface area contributed by atoms with Crippen molar-refractivity contribution in [2.75, 3.05) is 6.61 Å². The molecule has 1 saturated heterocycles. The van der Waals surface area contributed by atoms with Gasteiger partial charge in [-0.25, -0.2) is 4.39 Å². The Labute approximate surface area is 87.9 Å². The number of hydrogen-bond acceptors (Lipinski definition) is 2. The van der Waals surface area contributed by atoms with Crippen molar-refractivity contribution in [3.8, 4) is 0 Å². The normalized spacial score (nSPS) is 28.1. The molecule has 0 aromatic rings. The summed E-state index contributed by atoms with van der Waals surface area (Å²) in [6.07, 6.45) is 1.39. The van der Waals surface area contributed by atoms with E-state index < -0.39 is 11.5 Å². The summed E-state index contributed by atoms with van der Waals surface area (Å²) in [6.45, 7) is 4.47. The molecule has 2 atom stereocenters. The Morgan fingerprint density at radius 3 is 2.86 bits per heavy atom. The van der Waals surface area contributed by atoms with E-state index in [1.54, 1.807) is 0 Å². The summed E-state index contributed by atoms with van der Waals surface area (Å²) in [5.41, 5.74) is -2.21. The SMILES string of the molecule is CC1(C)CC(NC(=O)C(F)Cl)CCO1. The Hall–Kier alpha value is -0.350. The second kappa shape index (κ2) is 4.45. The van der Waals surface area contributed by atoms with Crippen LogP contribution in [0.4, 0.5) is 4.39 Å². The van der Waals surface area contributed by atoms with Gasteiger partial charge in [-0.1, -0.05) is 11.6 Å². The number of ether oxygens (including phenoxy) is 1. The molecule has 14 heavy (non-hydrogen) atoms. The van der Waals surface area contributed by atoms with Gasteiger partial charge in [0, 0.05) is 12.6 Å². The second-order valence-corrected chi connectivity index (χ2v) is 4.49. The van der Waals surface area contributed by atoms with E-state index in [1.807, 2.05) is 13.8 Å². The van der Waals surface area contributed by atoms with E-state index in [0.29, 0.717) is 19.4 Å². The van der Waals surface area contributed by atoms with E-state index in [9.17, 15) is 9.18 Å². The standard InChI is InChI=1S/C9H15ClFNO2/c1-9(2)5-6(3-4-14-9)12-8(13)7(10)11/h6-7H,3-5H2,1-2H3,(H,12,13). The molecule has 0 aromatic carbocycles. The van der Waals surface area contributed by atoms with Crippen molar-refractivity contribution in [3.05, 3.63) is 0 Å². The molecule has 1 rings (SSSR count). The van der Waals surface area contributed by atoms with Gasteiger partial charge in [-0.15, -0.1) is 0 Å². The first-order valence-electron chi connectivity index (χ1n) is 4.63. The highest BCUT2D eigenvalue weighted by molar-refractivity contribution is 6.29. The fourth-order valence-electron chi connectivity index (χ4n) is 1.62. The molecule has 5 heteroatoms. The summed E-state index contributed by atoms with van der Waals surface area (Å²) in [5, 5.41) is 2.55. The molecule has 3 nitrogen and oxygen atoms in total. The van der Waals surface area contributed by atoms with Gasteiger partial charge in [0.25, 0.3) is 11.5 Å². The zero-order chi connectivity index (χ0) is 10.8. The Bertz CT molecular complexity index is 221. The maximum atomic E-state index is 12.4. The summed E-state index contributed by atoms with van der Waals surface area (Å²) < 4.78 is 17.8. The summed E-state index contributed by atoms with van der Waals surface area (Å²) in [6, 6.07) is -0.0387. The Kier molecular flexibility index (Phi) is 3.72. The van der Waals surface area contributed by atoms with E-state index >= 15 is 0 Å². The van der Waals surface area contributed by atoms with Crippen molar-refractivity contribution in [2.24, 2.45) is 0 Å². The predicted molar refractivity (Wildman–Crippen MR) is 51.9 cm³/mol. The van der Waals surface area contributed by atoms with Crippen LogP contribution in [0.3, 0.4) is 0 Å². The molecule has 1 N–H and O–H groups in total. The van der Waals surface area contributed by atoms with Crippen LogP contribution in [0.2, 0.25) is 0 Å². The quantitative estimate of drug-likeness (QED) is 0.723. The van der Waals surface area contributed by atoms with Crippen LogP contribution in [0, 0.1) is 0 Å². The minimum Gasteiger partial charge on any atom is -0.375 e. The molecule has 0 aromatic heterocycles. The zero-order valence-corrected chi connectivity index (χ0v) is 9.10. The number of rotatable bonds is 2. The highest BCUT2D eigenvalue weighted by atomic mass is 35.5. The lowest BCUT2D eigenvalue weighted by Gasteiger charge is -2.35. The Morgan fingerprint density at radius 2 is 2.36 bits per heavy atom. The van der Waals surface area contributed by atoms with Gasteiger partial charge in [-0.05, 0) is 26.7 Å². The average molecular weight is 224 g/mol. The van der Waals surface area contributed by atoms with Crippen LogP contribution < -0.4 is 5.32 Å². The van der Waals surface area contributed by atoms with Crippen LogP contribution in [0.25, 0.3) is 0 Å². The largest absolute Gasteiger partial charge is 0.375 e. The Morgan fingerprint density at radius 1 is 1.71 bits per heavy atom. The molecule has 1 heterocycles. The van der Waals surface area contributed by atoms with Crippen LogP contribution in [-0.4, -0.2) is 29.8 Å². The first kappa shape index (κ1) is 11.7. The van der Waals surface area contributed by atoms with Crippen molar-refractivity contribution in [1.29, 1.82) is 0 Å². The van der Waals surface area contributed by atoms with E-state index in [1.165, 1.54) is 0 Å². The third-order valence-electron chi connectivity index (χ3n) is 2.24. The maximum absolute atomic E-state index is 12.4. The highest BCUT2D eigenvalue weighted by Gasteiger charge is 2.30. The van der Waals surface area contributed by atoms with Crippen LogP contribution in [0.1, 0.15) is 26.7 Å². The van der Waals surface area contributed by atoms with Crippen molar-refractivity contribution in [2.45, 2.75) is 44.0 Å². The van der Waals surface area contributed by atoms with Crippen molar-refractivity contribution in [1.82, 2.24) is 5.32 Å². The maximum Gasteiger partial charge on any atom is 0.270 e. The number of carbonyl (C=O) groups is 1. The minimum absolute atomic E-state index is 0.0387. The molecular weight excluding hydrogens is 209 g/mol. The number of carbonyl (C=O) groups excluding carboxylic acids is 1. The molecule has 0 radical (unpaired) electrons. The summed E-state index contributed by atoms with van der Waals surface area (Å²) in [7, 11) is 0. The van der Waals surface area contributed by atoms with Crippen LogP contribution in [0.15, 0.2) is 0 Å². The van der Waals surface area contributed by atoms with Crippen LogP contribution in [0.5, 0.6) is 0 Å². The van der Waals surface area contributed by atoms with Gasteiger partial charge in [0.05, 0.1) is 5.60 Å². The lowest BCUT2D eigenvalue weighted by Crippen LogP contribution is -2.47. The molecule has 82 valence electrons. The number of nitrogens with one attached hydrogen (secondary N) is 1. The first-order valence-corrected chi connectivity index (χ1v) is 5.07. The summed E-state index contributed by atoms with van der Waals surface area (Å²) >= 11 is 5.01. The van der Waals surface area contributed by atoms with E-state index in [2.05, 4.69) is 5.32 Å². The third kappa shape index (κ3) is 3.42. The monoisotopic (exact) mass is 223 g/mol. The molecule has 1 fully saturated rings. The van der Waals surface area contributed by atoms with Gasteiger partial charge >= 0.3 is 0 Å². The first-order chi connectivity index (χ1) is 6.41. The minimum atomic E-state index is -1.96. The number of alkyl halides is 2. The summed E-state index contributed by atoms with van der Waals surface area (Å²) in [4.78, 5) is 11.0. The lowest BCUT2D eigenvalue weighted by molar-refractivity contribution is -0.126. The van der Waals surface area contributed by atoms with Gasteiger partial charge in [-0.3, -0.25) is 4.79 Å². The van der Waals surface area contributed by atoms with Gasteiger partial charge < -0.3 is 10.1 Å². The molecular formula is C9H15ClFNO2. The van der Waals surface area contributed by atoms with E-state index in [0.717, 1.165) is 0 Å². The van der Waals surface area contributed by atoms with Crippen molar-refractivity contribution < 1.29 is 13.9 Å². The molecule has 1 amide bonds.